The smallest absolute Gasteiger partial charge is 0.268 e. The minimum Gasteiger partial charge on any atom is -0.423 e. The zero-order valence-electron chi connectivity index (χ0n) is 14.3. The summed E-state index contributed by atoms with van der Waals surface area (Å²) in [7, 11) is 0. The third-order valence-corrected chi connectivity index (χ3v) is 4.22. The monoisotopic (exact) mass is 366 g/mol. The van der Waals surface area contributed by atoms with Gasteiger partial charge >= 0.3 is 0 Å². The first kappa shape index (κ1) is 16.9. The lowest BCUT2D eigenvalue weighted by molar-refractivity contribution is -0.125. The number of nitrogens with zero attached hydrogens (tertiary/aromatic N) is 3. The van der Waals surface area contributed by atoms with Crippen molar-refractivity contribution >= 4 is 17.3 Å². The Balaban J connectivity index is 1.47. The van der Waals surface area contributed by atoms with Crippen LogP contribution >= 0.6 is 0 Å². The van der Waals surface area contributed by atoms with Gasteiger partial charge in [-0.1, -0.05) is 23.4 Å². The summed E-state index contributed by atoms with van der Waals surface area (Å²) in [5.74, 6) is -0.341. The highest BCUT2D eigenvalue weighted by atomic mass is 19.1. The van der Waals surface area contributed by atoms with Crippen molar-refractivity contribution in [3.8, 4) is 11.5 Å². The number of hydrogen-bond donors (Lipinski definition) is 1. The van der Waals surface area contributed by atoms with Gasteiger partial charge in [-0.2, -0.15) is 0 Å². The second-order valence-corrected chi connectivity index (χ2v) is 6.11. The van der Waals surface area contributed by atoms with E-state index in [0.717, 1.165) is 5.56 Å². The largest absolute Gasteiger partial charge is 0.423 e. The van der Waals surface area contributed by atoms with Crippen molar-refractivity contribution in [1.82, 2.24) is 10.2 Å². The molecule has 0 fully saturated rings. The molecule has 0 bridgehead atoms. The van der Waals surface area contributed by atoms with E-state index in [2.05, 4.69) is 20.7 Å². The topological polar surface area (TPSA) is 89.6 Å². The first-order chi connectivity index (χ1) is 13.1. The van der Waals surface area contributed by atoms with Crippen LogP contribution < -0.4 is 5.32 Å². The molecule has 7 nitrogen and oxygen atoms in total. The number of nitrogens with one attached hydrogen (secondary N) is 1. The molecule has 1 amide bonds. The number of rotatable bonds is 4. The van der Waals surface area contributed by atoms with Crippen molar-refractivity contribution in [3.05, 3.63) is 65.8 Å². The number of anilines is 1. The normalized spacial score (nSPS) is 15.9. The molecule has 0 saturated heterocycles. The van der Waals surface area contributed by atoms with Crippen LogP contribution in [0.5, 0.6) is 0 Å². The number of carbonyl (C=O) groups is 1. The predicted octanol–water partition coefficient (Wildman–Crippen LogP) is 3.32. The molecule has 3 aromatic rings. The van der Waals surface area contributed by atoms with Gasteiger partial charge in [-0.15, -0.1) is 10.2 Å². The van der Waals surface area contributed by atoms with Gasteiger partial charge in [0.25, 0.3) is 5.91 Å². The second kappa shape index (κ2) is 6.99. The summed E-state index contributed by atoms with van der Waals surface area (Å²) >= 11 is 0. The third-order valence-electron chi connectivity index (χ3n) is 4.22. The van der Waals surface area contributed by atoms with Crippen LogP contribution in [0.3, 0.4) is 0 Å². The molecule has 0 radical (unpaired) electrons. The maximum Gasteiger partial charge on any atom is 0.268 e. The lowest BCUT2D eigenvalue weighted by Crippen LogP contribution is -2.28. The zero-order chi connectivity index (χ0) is 18.8. The molecule has 1 atom stereocenters. The maximum atomic E-state index is 13.4. The van der Waals surface area contributed by atoms with Gasteiger partial charge in [-0.3, -0.25) is 4.79 Å². The van der Waals surface area contributed by atoms with E-state index in [0.29, 0.717) is 28.4 Å². The van der Waals surface area contributed by atoms with Gasteiger partial charge in [0.2, 0.25) is 18.4 Å². The minimum atomic E-state index is -0.783. The average molecular weight is 366 g/mol. The molecular formula is C19H15FN4O3. The Morgan fingerprint density at radius 3 is 2.89 bits per heavy atom. The number of benzene rings is 2. The molecule has 0 spiro atoms. The average Bonchev–Trinajstić information content (AvgIpc) is 3.36. The molecule has 27 heavy (non-hydrogen) atoms. The van der Waals surface area contributed by atoms with Gasteiger partial charge in [-0.05, 0) is 36.8 Å². The van der Waals surface area contributed by atoms with Crippen LogP contribution in [0.1, 0.15) is 17.5 Å². The van der Waals surface area contributed by atoms with E-state index >= 15 is 0 Å². The van der Waals surface area contributed by atoms with Crippen molar-refractivity contribution in [3.63, 3.8) is 0 Å². The van der Waals surface area contributed by atoms with E-state index in [1.54, 1.807) is 18.2 Å². The minimum absolute atomic E-state index is 0.262. The van der Waals surface area contributed by atoms with Crippen molar-refractivity contribution in [2.45, 2.75) is 19.4 Å². The Labute approximate surface area is 153 Å². The number of carbonyl (C=O) groups excluding carboxylic acids is 1. The van der Waals surface area contributed by atoms with Crippen LogP contribution in [-0.4, -0.2) is 27.9 Å². The van der Waals surface area contributed by atoms with E-state index in [4.69, 9.17) is 9.25 Å². The Bertz CT molecular complexity index is 1020. The molecule has 8 heteroatoms. The van der Waals surface area contributed by atoms with Crippen LogP contribution in [0.15, 0.2) is 58.4 Å². The SMILES string of the molecule is Cc1ccc(-c2nnco2)cc1NC(=O)[C@@H]1CC(c2cccc(F)c2)=NO1. The van der Waals surface area contributed by atoms with Crippen molar-refractivity contribution < 1.29 is 18.4 Å². The van der Waals surface area contributed by atoms with Crippen molar-refractivity contribution in [1.29, 1.82) is 0 Å². The highest BCUT2D eigenvalue weighted by Crippen LogP contribution is 2.25. The van der Waals surface area contributed by atoms with E-state index in [9.17, 15) is 9.18 Å². The number of amides is 1. The van der Waals surface area contributed by atoms with Gasteiger partial charge in [0.05, 0.1) is 5.71 Å². The summed E-state index contributed by atoms with van der Waals surface area (Å²) in [6.07, 6.45) is 0.720. The fourth-order valence-electron chi connectivity index (χ4n) is 2.76. The van der Waals surface area contributed by atoms with Crippen LogP contribution in [0.2, 0.25) is 0 Å². The first-order valence-corrected chi connectivity index (χ1v) is 8.27. The predicted molar refractivity (Wildman–Crippen MR) is 95.5 cm³/mol. The summed E-state index contributed by atoms with van der Waals surface area (Å²) in [6.45, 7) is 1.87. The van der Waals surface area contributed by atoms with E-state index in [1.807, 2.05) is 19.1 Å². The van der Waals surface area contributed by atoms with Gasteiger partial charge in [0, 0.05) is 23.2 Å². The van der Waals surface area contributed by atoms with Crippen LogP contribution in [0.4, 0.5) is 10.1 Å². The summed E-state index contributed by atoms with van der Waals surface area (Å²) in [4.78, 5) is 17.8. The Morgan fingerprint density at radius 2 is 2.11 bits per heavy atom. The molecular weight excluding hydrogens is 351 g/mol. The second-order valence-electron chi connectivity index (χ2n) is 6.11. The van der Waals surface area contributed by atoms with E-state index in [-0.39, 0.29) is 18.1 Å². The molecule has 2 aromatic carbocycles. The summed E-state index contributed by atoms with van der Waals surface area (Å²) in [5.41, 5.74) is 3.30. The highest BCUT2D eigenvalue weighted by Gasteiger charge is 2.29. The van der Waals surface area contributed by atoms with Crippen LogP contribution in [-0.2, 0) is 9.63 Å². The molecule has 1 N–H and O–H groups in total. The van der Waals surface area contributed by atoms with Crippen molar-refractivity contribution in [2.75, 3.05) is 5.32 Å². The zero-order valence-corrected chi connectivity index (χ0v) is 14.3. The molecule has 2 heterocycles. The molecule has 0 saturated carbocycles. The van der Waals surface area contributed by atoms with Gasteiger partial charge in [0.1, 0.15) is 5.82 Å². The molecule has 1 aliphatic rings. The lowest BCUT2D eigenvalue weighted by Gasteiger charge is -2.12. The Kier molecular flexibility index (Phi) is 4.37. The molecule has 4 rings (SSSR count). The standard InChI is InChI=1S/C19H15FN4O3/c1-11-5-6-13(19-23-21-10-26-19)8-15(11)22-18(25)17-9-16(24-27-17)12-3-2-4-14(20)7-12/h2-8,10,17H,9H2,1H3,(H,22,25)/t17-/m0/s1. The number of hydrogen-bond acceptors (Lipinski definition) is 6. The molecule has 1 aromatic heterocycles. The first-order valence-electron chi connectivity index (χ1n) is 8.27. The quantitative estimate of drug-likeness (QED) is 0.765. The molecule has 0 aliphatic carbocycles. The van der Waals surface area contributed by atoms with Crippen LogP contribution in [0, 0.1) is 12.7 Å². The molecule has 0 unspecified atom stereocenters. The number of oxime groups is 1. The van der Waals surface area contributed by atoms with Gasteiger partial charge < -0.3 is 14.6 Å². The Morgan fingerprint density at radius 1 is 1.22 bits per heavy atom. The van der Waals surface area contributed by atoms with Crippen molar-refractivity contribution in [2.24, 2.45) is 5.16 Å². The summed E-state index contributed by atoms with van der Waals surface area (Å²) in [5, 5.41) is 14.3. The fourth-order valence-corrected chi connectivity index (χ4v) is 2.76. The van der Waals surface area contributed by atoms with Gasteiger partial charge in [0.15, 0.2) is 0 Å². The molecule has 136 valence electrons. The summed E-state index contributed by atoms with van der Waals surface area (Å²) < 4.78 is 18.6. The fraction of sp³-hybridized carbons (Fsp3) is 0.158. The van der Waals surface area contributed by atoms with E-state index < -0.39 is 6.10 Å². The highest BCUT2D eigenvalue weighted by molar-refractivity contribution is 6.06. The lowest BCUT2D eigenvalue weighted by atomic mass is 10.0. The summed E-state index contributed by atoms with van der Waals surface area (Å²) in [6, 6.07) is 11.5. The van der Waals surface area contributed by atoms with Crippen LogP contribution in [0.25, 0.3) is 11.5 Å². The maximum absolute atomic E-state index is 13.4. The number of aryl methyl sites for hydroxylation is 1. The van der Waals surface area contributed by atoms with E-state index in [1.165, 1.54) is 18.5 Å². The third kappa shape index (κ3) is 3.55. The number of aromatic nitrogens is 2. The molecule has 1 aliphatic heterocycles. The Hall–Kier alpha value is -3.55. The van der Waals surface area contributed by atoms with Gasteiger partial charge in [-0.25, -0.2) is 4.39 Å². The number of halogens is 1.